The summed E-state index contributed by atoms with van der Waals surface area (Å²) in [5.41, 5.74) is 0. The third-order valence-corrected chi connectivity index (χ3v) is 0.882. The van der Waals surface area contributed by atoms with Gasteiger partial charge in [0, 0.05) is 0 Å². The van der Waals surface area contributed by atoms with Crippen molar-refractivity contribution >= 4 is 0 Å². The topological polar surface area (TPSA) is 115 Å². The van der Waals surface area contributed by atoms with Crippen LogP contribution in [0, 0.1) is 0 Å². The second kappa shape index (κ2) is 7.05. The Labute approximate surface area is 104 Å². The zero-order valence-corrected chi connectivity index (χ0v) is 10.4. The summed E-state index contributed by atoms with van der Waals surface area (Å²) in [4.78, 5) is 0. The summed E-state index contributed by atoms with van der Waals surface area (Å²) < 4.78 is 34.3. The summed E-state index contributed by atoms with van der Waals surface area (Å²) in [6.45, 7) is 0. The molecule has 0 atom stereocenters. The van der Waals surface area contributed by atoms with Crippen LogP contribution in [-0.4, -0.2) is 10.2 Å². The van der Waals surface area contributed by atoms with Crippen LogP contribution in [0.3, 0.4) is 0 Å². The molecule has 14 heavy (non-hydrogen) atoms. The average molecular weight is 252 g/mol. The summed E-state index contributed by atoms with van der Waals surface area (Å²) in [5, 5.41) is 17.3. The second-order valence-electron chi connectivity index (χ2n) is 1.87. The van der Waals surface area contributed by atoms with E-state index in [1.54, 1.807) is 12.1 Å². The van der Waals surface area contributed by atoms with Gasteiger partial charge in [0.05, 0.1) is 0 Å². The normalized spacial score (nSPS) is 9.21. The van der Waals surface area contributed by atoms with Crippen LogP contribution in [0.25, 0.3) is 0 Å². The van der Waals surface area contributed by atoms with E-state index in [2.05, 4.69) is 0 Å². The first-order valence-electron chi connectivity index (χ1n) is 2.89. The molecular formula is C6H6MnNaO6. The van der Waals surface area contributed by atoms with Gasteiger partial charge in [-0.1, -0.05) is 12.1 Å². The molecule has 6 nitrogen and oxygen atoms in total. The van der Waals surface area contributed by atoms with Gasteiger partial charge in [0.2, 0.25) is 0 Å². The van der Waals surface area contributed by atoms with Crippen LogP contribution in [0.5, 0.6) is 11.5 Å². The van der Waals surface area contributed by atoms with Crippen molar-refractivity contribution in [1.29, 1.82) is 0 Å². The van der Waals surface area contributed by atoms with E-state index in [9.17, 15) is 0 Å². The predicted molar refractivity (Wildman–Crippen MR) is 31.8 cm³/mol. The molecule has 1 rings (SSSR count). The minimum atomic E-state index is -5.62. The molecule has 2 N–H and O–H groups in total. The van der Waals surface area contributed by atoms with Crippen molar-refractivity contribution in [3.63, 3.8) is 0 Å². The molecule has 0 bridgehead atoms. The number of phenols is 2. The molecule has 0 radical (unpaired) electrons. The van der Waals surface area contributed by atoms with E-state index >= 15 is 0 Å². The zero-order chi connectivity index (χ0) is 10.5. The fourth-order valence-electron chi connectivity index (χ4n) is 0.464. The van der Waals surface area contributed by atoms with Crippen LogP contribution in [-0.2, 0) is 24.5 Å². The third-order valence-electron chi connectivity index (χ3n) is 0.882. The molecule has 1 aromatic rings. The Bertz CT molecular complexity index is 385. The molecule has 8 heteroatoms. The fraction of sp³-hybridized carbons (Fsp3) is 0. The van der Waals surface area contributed by atoms with Gasteiger partial charge < -0.3 is 10.2 Å². The van der Waals surface area contributed by atoms with E-state index in [-0.39, 0.29) is 41.1 Å². The van der Waals surface area contributed by atoms with Crippen molar-refractivity contribution in [2.75, 3.05) is 0 Å². The van der Waals surface area contributed by atoms with Gasteiger partial charge in [0.15, 0.2) is 11.5 Å². The first-order valence-corrected chi connectivity index (χ1v) is 4.82. The zero-order valence-electron chi connectivity index (χ0n) is 7.21. The van der Waals surface area contributed by atoms with Crippen LogP contribution >= 0.6 is 0 Å². The summed E-state index contributed by atoms with van der Waals surface area (Å²) in [6, 6.07) is 6.15. The van der Waals surface area contributed by atoms with Crippen LogP contribution in [0.2, 0.25) is 0 Å². The Morgan fingerprint density at radius 3 is 1.36 bits per heavy atom. The summed E-state index contributed by atoms with van der Waals surface area (Å²) in [5.74, 6) is -0.153. The standard InChI is InChI=1S/C6H6O2.Mn.Na.4O/c7-5-3-1-2-4-6(5)8;;;;;;/h1-4,7-8H;;;;;;/q;;+1;;;;-1. The maximum absolute atomic E-state index is 8.67. The van der Waals surface area contributed by atoms with Gasteiger partial charge >= 0.3 is 58.2 Å². The van der Waals surface area contributed by atoms with Crippen molar-refractivity contribution < 1.29 is 68.4 Å². The van der Waals surface area contributed by atoms with Gasteiger partial charge in [-0.3, -0.25) is 0 Å². The molecule has 0 spiro atoms. The van der Waals surface area contributed by atoms with Gasteiger partial charge in [-0.25, -0.2) is 0 Å². The molecule has 0 aliphatic carbocycles. The van der Waals surface area contributed by atoms with Gasteiger partial charge in [0.1, 0.15) is 0 Å². The number of phenolic OH excluding ortho intramolecular Hbond substituents is 2. The third kappa shape index (κ3) is 11.7. The Hall–Kier alpha value is -0.301. The number of rotatable bonds is 0. The summed E-state index contributed by atoms with van der Waals surface area (Å²) in [6.07, 6.45) is 0. The molecule has 1 aromatic carbocycles. The van der Waals surface area contributed by atoms with Crippen LogP contribution in [0.1, 0.15) is 0 Å². The predicted octanol–water partition coefficient (Wildman–Crippen LogP) is -3.45. The van der Waals surface area contributed by atoms with Crippen molar-refractivity contribution in [2.45, 2.75) is 0 Å². The van der Waals surface area contributed by atoms with Gasteiger partial charge in [0.25, 0.3) is 0 Å². The molecule has 0 aliphatic rings. The molecule has 0 aromatic heterocycles. The molecule has 0 amide bonds. The van der Waals surface area contributed by atoms with Crippen molar-refractivity contribution in [1.82, 2.24) is 0 Å². The molecule has 0 saturated heterocycles. The first-order chi connectivity index (χ1) is 5.80. The molecule has 0 aliphatic heterocycles. The summed E-state index contributed by atoms with van der Waals surface area (Å²) >= 11 is -5.62. The van der Waals surface area contributed by atoms with E-state index in [1.165, 1.54) is 12.1 Å². The molecule has 0 unspecified atom stereocenters. The number of hydrogen-bond donors (Lipinski definition) is 2. The molecule has 0 saturated carbocycles. The van der Waals surface area contributed by atoms with Crippen LogP contribution in [0.15, 0.2) is 24.3 Å². The molecule has 74 valence electrons. The van der Waals surface area contributed by atoms with E-state index < -0.39 is 13.0 Å². The number of benzene rings is 1. The molecule has 0 heterocycles. The molecular weight excluding hydrogens is 246 g/mol. The second-order valence-corrected chi connectivity index (χ2v) is 3.05. The van der Waals surface area contributed by atoms with Gasteiger partial charge in [-0.05, 0) is 12.1 Å². The Balaban J connectivity index is 0. The number of para-hydroxylation sites is 2. The van der Waals surface area contributed by atoms with Crippen molar-refractivity contribution in [3.05, 3.63) is 24.3 Å². The van der Waals surface area contributed by atoms with E-state index in [0.29, 0.717) is 0 Å². The van der Waals surface area contributed by atoms with Gasteiger partial charge in [-0.2, -0.15) is 0 Å². The quantitative estimate of drug-likeness (QED) is 0.366. The fourth-order valence-corrected chi connectivity index (χ4v) is 0.464. The number of aromatic hydroxyl groups is 2. The Kier molecular flexibility index (Phi) is 8.13. The van der Waals surface area contributed by atoms with Crippen LogP contribution in [0.4, 0.5) is 0 Å². The average Bonchev–Trinajstić information content (AvgIpc) is 1.92. The monoisotopic (exact) mass is 252 g/mol. The minimum absolute atomic E-state index is 0. The molecule has 0 fully saturated rings. The maximum atomic E-state index is 8.67. The van der Waals surface area contributed by atoms with Crippen molar-refractivity contribution in [2.24, 2.45) is 0 Å². The Morgan fingerprint density at radius 1 is 1.00 bits per heavy atom. The summed E-state index contributed by atoms with van der Waals surface area (Å²) in [7, 11) is 0. The van der Waals surface area contributed by atoms with Gasteiger partial charge in [-0.15, -0.1) is 0 Å². The van der Waals surface area contributed by atoms with E-state index in [1.807, 2.05) is 0 Å². The van der Waals surface area contributed by atoms with Crippen molar-refractivity contribution in [3.8, 4) is 11.5 Å². The first kappa shape index (κ1) is 16.1. The van der Waals surface area contributed by atoms with Crippen LogP contribution < -0.4 is 33.7 Å². The SMILES string of the molecule is Oc1ccccc1O.[Na+].[O]=[Mn](=[O])(=[O])[O-]. The van der Waals surface area contributed by atoms with E-state index in [4.69, 9.17) is 25.9 Å². The number of hydrogen-bond acceptors (Lipinski definition) is 6. The Morgan fingerprint density at radius 2 is 1.21 bits per heavy atom. The van der Waals surface area contributed by atoms with E-state index in [0.717, 1.165) is 0 Å².